The second kappa shape index (κ2) is 6.04. The highest BCUT2D eigenvalue weighted by molar-refractivity contribution is 5.72. The number of nitrogens with zero attached hydrogens (tertiary/aromatic N) is 1. The average Bonchev–Trinajstić information content (AvgIpc) is 2.03. The quantitative estimate of drug-likeness (QED) is 0.621. The molecule has 1 amide bonds. The van der Waals surface area contributed by atoms with Gasteiger partial charge in [-0.1, -0.05) is 26.7 Å². The minimum absolute atomic E-state index is 0.171. The topological polar surface area (TPSA) is 20.3 Å². The van der Waals surface area contributed by atoms with Crippen molar-refractivity contribution in [1.29, 1.82) is 0 Å². The van der Waals surface area contributed by atoms with E-state index in [1.807, 2.05) is 11.9 Å². The summed E-state index contributed by atoms with van der Waals surface area (Å²) in [6.45, 7) is 6.92. The van der Waals surface area contributed by atoms with E-state index < -0.39 is 0 Å². The zero-order valence-electron chi connectivity index (χ0n) is 8.76. The van der Waals surface area contributed by atoms with E-state index in [9.17, 15) is 4.79 Å². The SMILES string of the molecule is CCCC(CC)CN(C)C(C)=O. The summed E-state index contributed by atoms with van der Waals surface area (Å²) in [5.41, 5.74) is 0. The van der Waals surface area contributed by atoms with Gasteiger partial charge in [0.05, 0.1) is 0 Å². The van der Waals surface area contributed by atoms with Crippen LogP contribution in [0.2, 0.25) is 0 Å². The van der Waals surface area contributed by atoms with E-state index in [4.69, 9.17) is 0 Å². The largest absolute Gasteiger partial charge is 0.346 e. The Balaban J connectivity index is 3.76. The maximum atomic E-state index is 10.9. The number of rotatable bonds is 5. The second-order valence-electron chi connectivity index (χ2n) is 3.46. The molecule has 0 bridgehead atoms. The van der Waals surface area contributed by atoms with Gasteiger partial charge in [-0.05, 0) is 12.3 Å². The smallest absolute Gasteiger partial charge is 0.219 e. The molecule has 0 N–H and O–H groups in total. The molecule has 0 aliphatic rings. The third-order valence-electron chi connectivity index (χ3n) is 2.34. The third-order valence-corrected chi connectivity index (χ3v) is 2.34. The monoisotopic (exact) mass is 171 g/mol. The fourth-order valence-corrected chi connectivity index (χ4v) is 1.35. The first-order valence-electron chi connectivity index (χ1n) is 4.83. The van der Waals surface area contributed by atoms with Crippen LogP contribution in [0.3, 0.4) is 0 Å². The lowest BCUT2D eigenvalue weighted by atomic mass is 10.0. The van der Waals surface area contributed by atoms with E-state index in [-0.39, 0.29) is 5.91 Å². The van der Waals surface area contributed by atoms with Gasteiger partial charge in [0.15, 0.2) is 0 Å². The van der Waals surface area contributed by atoms with Crippen LogP contribution < -0.4 is 0 Å². The molecule has 0 fully saturated rings. The van der Waals surface area contributed by atoms with Crippen molar-refractivity contribution in [3.63, 3.8) is 0 Å². The lowest BCUT2D eigenvalue weighted by Crippen LogP contribution is -2.29. The summed E-state index contributed by atoms with van der Waals surface area (Å²) in [6, 6.07) is 0. The van der Waals surface area contributed by atoms with Gasteiger partial charge in [-0.15, -0.1) is 0 Å². The van der Waals surface area contributed by atoms with Gasteiger partial charge >= 0.3 is 0 Å². The van der Waals surface area contributed by atoms with E-state index >= 15 is 0 Å². The lowest BCUT2D eigenvalue weighted by Gasteiger charge is -2.21. The van der Waals surface area contributed by atoms with Gasteiger partial charge in [0.2, 0.25) is 5.91 Å². The van der Waals surface area contributed by atoms with Crippen LogP contribution in [0.4, 0.5) is 0 Å². The molecule has 0 heterocycles. The van der Waals surface area contributed by atoms with Gasteiger partial charge in [-0.3, -0.25) is 4.79 Å². The molecule has 0 aromatic carbocycles. The van der Waals surface area contributed by atoms with Crippen LogP contribution in [0.25, 0.3) is 0 Å². The molecular weight excluding hydrogens is 150 g/mol. The molecule has 0 aromatic heterocycles. The van der Waals surface area contributed by atoms with Gasteiger partial charge in [0, 0.05) is 20.5 Å². The number of amides is 1. The van der Waals surface area contributed by atoms with E-state index in [2.05, 4.69) is 13.8 Å². The van der Waals surface area contributed by atoms with Crippen molar-refractivity contribution in [2.75, 3.05) is 13.6 Å². The molecule has 0 radical (unpaired) electrons. The minimum Gasteiger partial charge on any atom is -0.346 e. The van der Waals surface area contributed by atoms with E-state index in [0.717, 1.165) is 6.54 Å². The fourth-order valence-electron chi connectivity index (χ4n) is 1.35. The third kappa shape index (κ3) is 4.37. The Labute approximate surface area is 75.9 Å². The van der Waals surface area contributed by atoms with Gasteiger partial charge < -0.3 is 4.90 Å². The average molecular weight is 171 g/mol. The highest BCUT2D eigenvalue weighted by Gasteiger charge is 2.09. The van der Waals surface area contributed by atoms with Gasteiger partial charge in [-0.2, -0.15) is 0 Å². The summed E-state index contributed by atoms with van der Waals surface area (Å²) < 4.78 is 0. The molecule has 1 atom stereocenters. The van der Waals surface area contributed by atoms with Crippen molar-refractivity contribution in [3.05, 3.63) is 0 Å². The second-order valence-corrected chi connectivity index (χ2v) is 3.46. The Morgan fingerprint density at radius 2 is 2.00 bits per heavy atom. The highest BCUT2D eigenvalue weighted by atomic mass is 16.2. The Morgan fingerprint density at radius 3 is 2.33 bits per heavy atom. The van der Waals surface area contributed by atoms with Crippen LogP contribution in [0, 0.1) is 5.92 Å². The van der Waals surface area contributed by atoms with Crippen LogP contribution in [0.5, 0.6) is 0 Å². The molecule has 2 heteroatoms. The van der Waals surface area contributed by atoms with Crippen LogP contribution in [-0.2, 0) is 4.79 Å². The first kappa shape index (κ1) is 11.5. The molecule has 0 spiro atoms. The molecule has 0 rings (SSSR count). The number of carbonyl (C=O) groups is 1. The summed E-state index contributed by atoms with van der Waals surface area (Å²) in [5, 5.41) is 0. The van der Waals surface area contributed by atoms with Crippen molar-refractivity contribution in [2.45, 2.75) is 40.0 Å². The summed E-state index contributed by atoms with van der Waals surface area (Å²) in [4.78, 5) is 12.7. The molecule has 72 valence electrons. The van der Waals surface area contributed by atoms with Crippen LogP contribution in [0.15, 0.2) is 0 Å². The number of hydrogen-bond donors (Lipinski definition) is 0. The predicted octanol–water partition coefficient (Wildman–Crippen LogP) is 2.29. The number of carbonyl (C=O) groups excluding carboxylic acids is 1. The van der Waals surface area contributed by atoms with E-state index in [0.29, 0.717) is 5.92 Å². The molecule has 12 heavy (non-hydrogen) atoms. The Kier molecular flexibility index (Phi) is 5.77. The van der Waals surface area contributed by atoms with E-state index in [1.54, 1.807) is 6.92 Å². The van der Waals surface area contributed by atoms with Crippen molar-refractivity contribution < 1.29 is 4.79 Å². The maximum Gasteiger partial charge on any atom is 0.219 e. The molecule has 0 aromatic rings. The van der Waals surface area contributed by atoms with E-state index in [1.165, 1.54) is 19.3 Å². The standard InChI is InChI=1S/C10H21NO/c1-5-7-10(6-2)8-11(4)9(3)12/h10H,5-8H2,1-4H3. The van der Waals surface area contributed by atoms with Crippen LogP contribution in [0.1, 0.15) is 40.0 Å². The lowest BCUT2D eigenvalue weighted by molar-refractivity contribution is -0.128. The Bertz CT molecular complexity index is 134. The first-order chi connectivity index (χ1) is 5.61. The van der Waals surface area contributed by atoms with Crippen molar-refractivity contribution in [2.24, 2.45) is 5.92 Å². The van der Waals surface area contributed by atoms with Gasteiger partial charge in [-0.25, -0.2) is 0 Å². The van der Waals surface area contributed by atoms with Crippen LogP contribution in [-0.4, -0.2) is 24.4 Å². The zero-order valence-corrected chi connectivity index (χ0v) is 8.76. The fraction of sp³-hybridized carbons (Fsp3) is 0.900. The first-order valence-corrected chi connectivity index (χ1v) is 4.83. The summed E-state index contributed by atoms with van der Waals surface area (Å²) in [5.74, 6) is 0.855. The molecule has 0 saturated heterocycles. The molecule has 1 unspecified atom stereocenters. The summed E-state index contributed by atoms with van der Waals surface area (Å²) >= 11 is 0. The summed E-state index contributed by atoms with van der Waals surface area (Å²) in [6.07, 6.45) is 3.61. The zero-order chi connectivity index (χ0) is 9.56. The minimum atomic E-state index is 0.171. The molecule has 0 aliphatic heterocycles. The maximum absolute atomic E-state index is 10.9. The molecule has 2 nitrogen and oxygen atoms in total. The normalized spacial score (nSPS) is 12.7. The van der Waals surface area contributed by atoms with Crippen molar-refractivity contribution >= 4 is 5.91 Å². The van der Waals surface area contributed by atoms with Crippen molar-refractivity contribution in [1.82, 2.24) is 4.90 Å². The van der Waals surface area contributed by atoms with Crippen molar-refractivity contribution in [3.8, 4) is 0 Å². The predicted molar refractivity (Wildman–Crippen MR) is 52.0 cm³/mol. The Morgan fingerprint density at radius 1 is 1.42 bits per heavy atom. The van der Waals surface area contributed by atoms with Crippen LogP contribution >= 0.6 is 0 Å². The molecular formula is C10H21NO. The Hall–Kier alpha value is -0.530. The molecule has 0 aliphatic carbocycles. The highest BCUT2D eigenvalue weighted by Crippen LogP contribution is 2.11. The molecule has 0 saturated carbocycles. The van der Waals surface area contributed by atoms with Gasteiger partial charge in [0.25, 0.3) is 0 Å². The summed E-state index contributed by atoms with van der Waals surface area (Å²) in [7, 11) is 1.88. The van der Waals surface area contributed by atoms with Gasteiger partial charge in [0.1, 0.15) is 0 Å². The number of hydrogen-bond acceptors (Lipinski definition) is 1.